The molecule has 2 aliphatic heterocycles. The molecule has 0 unspecified atom stereocenters. The topological polar surface area (TPSA) is 50.2 Å². The minimum absolute atomic E-state index is 0.117. The van der Waals surface area contributed by atoms with Gasteiger partial charge in [-0.25, -0.2) is 0 Å². The van der Waals surface area contributed by atoms with E-state index in [1.165, 1.54) is 12.8 Å². The molecule has 0 atom stereocenters. The highest BCUT2D eigenvalue weighted by Crippen LogP contribution is 2.41. The normalized spacial score (nSPS) is 20.1. The molecule has 0 radical (unpaired) electrons. The van der Waals surface area contributed by atoms with Gasteiger partial charge in [0.25, 0.3) is 0 Å². The van der Waals surface area contributed by atoms with Crippen LogP contribution in [0.25, 0.3) is 10.9 Å². The molecule has 3 heterocycles. The van der Waals surface area contributed by atoms with Gasteiger partial charge in [0.15, 0.2) is 0 Å². The van der Waals surface area contributed by atoms with Crippen molar-refractivity contribution in [3.05, 3.63) is 30.0 Å². The van der Waals surface area contributed by atoms with Crippen LogP contribution in [0.1, 0.15) is 51.6 Å². The minimum Gasteiger partial charge on any atom is -0.345 e. The quantitative estimate of drug-likeness (QED) is 0.931. The van der Waals surface area contributed by atoms with Crippen molar-refractivity contribution in [3.63, 3.8) is 0 Å². The molecular formula is C20H28N4O. The molecule has 0 saturated carbocycles. The Kier molecular flexibility index (Phi) is 3.87. The largest absolute Gasteiger partial charge is 0.345 e. The smallest absolute Gasteiger partial charge is 0.222 e. The third-order valence-corrected chi connectivity index (χ3v) is 6.10. The van der Waals surface area contributed by atoms with Gasteiger partial charge in [0.05, 0.1) is 16.7 Å². The summed E-state index contributed by atoms with van der Waals surface area (Å²) in [4.78, 5) is 15.4. The van der Waals surface area contributed by atoms with Crippen LogP contribution < -0.4 is 5.32 Å². The van der Waals surface area contributed by atoms with Crippen LogP contribution in [-0.2, 0) is 17.4 Å². The predicted molar refractivity (Wildman–Crippen MR) is 99.3 cm³/mol. The number of hydrogen-bond acceptors (Lipinski definition) is 3. The Bertz CT molecular complexity index is 797. The van der Waals surface area contributed by atoms with Crippen LogP contribution in [0.5, 0.6) is 0 Å². The van der Waals surface area contributed by atoms with Gasteiger partial charge < -0.3 is 5.32 Å². The Morgan fingerprint density at radius 3 is 2.64 bits per heavy atom. The maximum absolute atomic E-state index is 12.9. The molecule has 0 spiro atoms. The van der Waals surface area contributed by atoms with Crippen molar-refractivity contribution in [2.45, 2.75) is 57.0 Å². The third-order valence-electron chi connectivity index (χ3n) is 6.10. The van der Waals surface area contributed by atoms with E-state index >= 15 is 0 Å². The number of carbonyl (C=O) groups is 1. The maximum Gasteiger partial charge on any atom is 0.222 e. The van der Waals surface area contributed by atoms with Crippen LogP contribution in [0.15, 0.2) is 24.3 Å². The Morgan fingerprint density at radius 1 is 1.24 bits per heavy atom. The first-order valence-corrected chi connectivity index (χ1v) is 9.40. The fraction of sp³-hybridized carbons (Fsp3) is 0.600. The molecule has 1 aromatic heterocycles. The second-order valence-corrected chi connectivity index (χ2v) is 8.26. The number of fused-ring (bicyclic) bond motifs is 2. The number of rotatable bonds is 4. The zero-order chi connectivity index (χ0) is 17.7. The average Bonchev–Trinajstić information content (AvgIpc) is 3.19. The summed E-state index contributed by atoms with van der Waals surface area (Å²) in [6.45, 7) is 6.42. The lowest BCUT2D eigenvalue weighted by molar-refractivity contribution is -0.125. The zero-order valence-electron chi connectivity index (χ0n) is 15.5. The summed E-state index contributed by atoms with van der Waals surface area (Å²) in [5.74, 6) is 0.147. The van der Waals surface area contributed by atoms with Gasteiger partial charge in [-0.2, -0.15) is 5.10 Å². The summed E-state index contributed by atoms with van der Waals surface area (Å²) in [5, 5.41) is 9.08. The molecule has 2 aliphatic rings. The monoisotopic (exact) mass is 340 g/mol. The van der Waals surface area contributed by atoms with Crippen LogP contribution in [0.4, 0.5) is 0 Å². The summed E-state index contributed by atoms with van der Waals surface area (Å²) >= 11 is 0. The molecule has 2 aromatic rings. The number of aryl methyl sites for hydroxylation is 1. The summed E-state index contributed by atoms with van der Waals surface area (Å²) in [7, 11) is 1.96. The van der Waals surface area contributed by atoms with Crippen molar-refractivity contribution < 1.29 is 4.79 Å². The second-order valence-electron chi connectivity index (χ2n) is 8.26. The van der Waals surface area contributed by atoms with E-state index in [9.17, 15) is 4.79 Å². The van der Waals surface area contributed by atoms with E-state index in [4.69, 9.17) is 5.10 Å². The van der Waals surface area contributed by atoms with E-state index in [1.807, 2.05) is 23.9 Å². The Morgan fingerprint density at radius 2 is 1.92 bits per heavy atom. The lowest BCUT2D eigenvalue weighted by Crippen LogP contribution is -2.47. The number of nitrogens with zero attached hydrogens (tertiary/aromatic N) is 3. The number of amides is 1. The van der Waals surface area contributed by atoms with Crippen LogP contribution in [0, 0.1) is 0 Å². The number of benzene rings is 1. The molecule has 5 heteroatoms. The first kappa shape index (κ1) is 16.6. The number of hydrogen-bond donors (Lipinski definition) is 1. The molecule has 1 N–H and O–H groups in total. The van der Waals surface area contributed by atoms with Gasteiger partial charge in [0.2, 0.25) is 5.91 Å². The van der Waals surface area contributed by atoms with E-state index in [-0.39, 0.29) is 11.4 Å². The van der Waals surface area contributed by atoms with Gasteiger partial charge in [0.1, 0.15) is 0 Å². The van der Waals surface area contributed by atoms with E-state index < -0.39 is 5.54 Å². The van der Waals surface area contributed by atoms with Crippen LogP contribution in [-0.4, -0.2) is 39.2 Å². The molecule has 2 fully saturated rings. The summed E-state index contributed by atoms with van der Waals surface area (Å²) in [6, 6.07) is 8.20. The lowest BCUT2D eigenvalue weighted by Gasteiger charge is -2.33. The Balaban J connectivity index is 1.55. The molecule has 0 bridgehead atoms. The number of aromatic nitrogens is 2. The van der Waals surface area contributed by atoms with Crippen molar-refractivity contribution in [1.82, 2.24) is 20.0 Å². The van der Waals surface area contributed by atoms with Gasteiger partial charge in [0, 0.05) is 24.4 Å². The standard InChI is InChI=1S/C20H28N4O/c1-19(2,18-15-8-4-5-9-16(15)23(3)22-18)21-17(25)14-20-10-6-12-24(20)13-7-11-20/h4-5,8-9H,6-7,10-14H2,1-3H3,(H,21,25). The van der Waals surface area contributed by atoms with Crippen molar-refractivity contribution >= 4 is 16.8 Å². The number of para-hydroxylation sites is 1. The number of nitrogens with one attached hydrogen (secondary N) is 1. The van der Waals surface area contributed by atoms with Crippen molar-refractivity contribution in [2.75, 3.05) is 13.1 Å². The SMILES string of the molecule is Cn1nc(C(C)(C)NC(=O)CC23CCCN2CCC3)c2ccccc21. The summed E-state index contributed by atoms with van der Waals surface area (Å²) in [5.41, 5.74) is 1.66. The van der Waals surface area contributed by atoms with E-state index in [0.29, 0.717) is 6.42 Å². The van der Waals surface area contributed by atoms with Crippen molar-refractivity contribution in [1.29, 1.82) is 0 Å². The molecule has 0 aliphatic carbocycles. The van der Waals surface area contributed by atoms with E-state index in [1.54, 1.807) is 0 Å². The van der Waals surface area contributed by atoms with Gasteiger partial charge >= 0.3 is 0 Å². The third kappa shape index (κ3) is 2.74. The predicted octanol–water partition coefficient (Wildman–Crippen LogP) is 2.94. The first-order valence-electron chi connectivity index (χ1n) is 9.40. The lowest BCUT2D eigenvalue weighted by atomic mass is 9.89. The molecule has 4 rings (SSSR count). The van der Waals surface area contributed by atoms with Gasteiger partial charge in [-0.1, -0.05) is 18.2 Å². The highest BCUT2D eigenvalue weighted by atomic mass is 16.1. The molecule has 2 saturated heterocycles. The first-order chi connectivity index (χ1) is 11.9. The van der Waals surface area contributed by atoms with Gasteiger partial charge in [-0.15, -0.1) is 0 Å². The average molecular weight is 340 g/mol. The molecular weight excluding hydrogens is 312 g/mol. The zero-order valence-corrected chi connectivity index (χ0v) is 15.5. The van der Waals surface area contributed by atoms with E-state index in [2.05, 4.69) is 36.2 Å². The molecule has 1 aromatic carbocycles. The highest BCUT2D eigenvalue weighted by molar-refractivity contribution is 5.84. The molecule has 5 nitrogen and oxygen atoms in total. The van der Waals surface area contributed by atoms with Gasteiger partial charge in [-0.05, 0) is 58.7 Å². The highest BCUT2D eigenvalue weighted by Gasteiger charge is 2.46. The molecule has 1 amide bonds. The summed E-state index contributed by atoms with van der Waals surface area (Å²) < 4.78 is 1.90. The van der Waals surface area contributed by atoms with Gasteiger partial charge in [-0.3, -0.25) is 14.4 Å². The van der Waals surface area contributed by atoms with Crippen LogP contribution in [0.2, 0.25) is 0 Å². The van der Waals surface area contributed by atoms with Crippen LogP contribution >= 0.6 is 0 Å². The summed E-state index contributed by atoms with van der Waals surface area (Å²) in [6.07, 6.45) is 5.38. The molecule has 134 valence electrons. The fourth-order valence-electron chi connectivity index (χ4n) is 4.94. The number of carbonyl (C=O) groups excluding carboxylic acids is 1. The van der Waals surface area contributed by atoms with E-state index in [0.717, 1.165) is 42.5 Å². The van der Waals surface area contributed by atoms with Crippen molar-refractivity contribution in [2.24, 2.45) is 7.05 Å². The fourth-order valence-corrected chi connectivity index (χ4v) is 4.94. The second kappa shape index (κ2) is 5.84. The maximum atomic E-state index is 12.9. The Hall–Kier alpha value is -1.88. The minimum atomic E-state index is -0.489. The molecule has 25 heavy (non-hydrogen) atoms. The van der Waals surface area contributed by atoms with Crippen molar-refractivity contribution in [3.8, 4) is 0 Å². The Labute approximate surface area is 149 Å². The van der Waals surface area contributed by atoms with Crippen LogP contribution in [0.3, 0.4) is 0 Å².